The number of carbonyl (C=O) groups is 2. The molecule has 1 unspecified atom stereocenters. The number of nitrogens with one attached hydrogen (secondary N) is 1. The number of fused-ring (bicyclic) bond motifs is 1. The van der Waals surface area contributed by atoms with Gasteiger partial charge in [-0.2, -0.15) is 4.98 Å². The van der Waals surface area contributed by atoms with Crippen molar-refractivity contribution in [1.82, 2.24) is 24.9 Å². The Morgan fingerprint density at radius 2 is 1.97 bits per heavy atom. The van der Waals surface area contributed by atoms with Crippen molar-refractivity contribution in [1.29, 1.82) is 0 Å². The normalized spacial score (nSPS) is 11.9. The zero-order valence-corrected chi connectivity index (χ0v) is 18.9. The van der Waals surface area contributed by atoms with Crippen LogP contribution in [-0.2, 0) is 20.7 Å². The first-order chi connectivity index (χ1) is 14.8. The van der Waals surface area contributed by atoms with Gasteiger partial charge in [0.25, 0.3) is 11.7 Å². The second-order valence-electron chi connectivity index (χ2n) is 6.94. The van der Waals surface area contributed by atoms with Crippen LogP contribution >= 0.6 is 11.8 Å². The van der Waals surface area contributed by atoms with Gasteiger partial charge in [0.2, 0.25) is 5.16 Å². The van der Waals surface area contributed by atoms with Crippen molar-refractivity contribution in [2.75, 3.05) is 20.0 Å². The molecule has 1 atom stereocenters. The van der Waals surface area contributed by atoms with Crippen LogP contribution in [0, 0.1) is 13.8 Å². The number of hydrogen-bond acceptors (Lipinski definition) is 8. The van der Waals surface area contributed by atoms with Crippen LogP contribution < -0.4 is 10.1 Å². The van der Waals surface area contributed by atoms with E-state index in [1.54, 1.807) is 11.6 Å². The highest BCUT2D eigenvalue weighted by Crippen LogP contribution is 2.24. The first-order valence-corrected chi connectivity index (χ1v) is 10.9. The molecule has 1 N–H and O–H groups in total. The van der Waals surface area contributed by atoms with Crippen molar-refractivity contribution >= 4 is 29.4 Å². The van der Waals surface area contributed by atoms with E-state index >= 15 is 0 Å². The maximum absolute atomic E-state index is 12.4. The number of carbonyl (C=O) groups excluding carboxylic acids is 2. The molecule has 0 spiro atoms. The van der Waals surface area contributed by atoms with Crippen LogP contribution in [0.2, 0.25) is 0 Å². The molecule has 1 amide bonds. The molecule has 1 aromatic carbocycles. The summed E-state index contributed by atoms with van der Waals surface area (Å²) in [6, 6.07) is 7.13. The van der Waals surface area contributed by atoms with E-state index in [0.717, 1.165) is 11.3 Å². The average Bonchev–Trinajstić information content (AvgIpc) is 3.18. The van der Waals surface area contributed by atoms with Gasteiger partial charge >= 0.3 is 5.97 Å². The van der Waals surface area contributed by atoms with Crippen LogP contribution in [0.25, 0.3) is 5.78 Å². The fourth-order valence-corrected chi connectivity index (χ4v) is 3.60. The van der Waals surface area contributed by atoms with Gasteiger partial charge in [0.15, 0.2) is 6.61 Å². The number of para-hydroxylation sites is 1. The predicted molar refractivity (Wildman–Crippen MR) is 116 cm³/mol. The molecule has 0 bridgehead atoms. The number of ether oxygens (including phenoxy) is 2. The summed E-state index contributed by atoms with van der Waals surface area (Å²) in [5, 5.41) is 7.79. The number of esters is 1. The van der Waals surface area contributed by atoms with Crippen molar-refractivity contribution in [2.45, 2.75) is 38.4 Å². The summed E-state index contributed by atoms with van der Waals surface area (Å²) in [5.41, 5.74) is 2.99. The Kier molecular flexibility index (Phi) is 7.11. The SMILES string of the molecule is COc1ccccc1C(C)NC(=O)COC(=O)Cc1c(C)nc2nc(SC)nn2c1C. The number of benzene rings is 1. The molecule has 31 heavy (non-hydrogen) atoms. The lowest BCUT2D eigenvalue weighted by Gasteiger charge is -2.17. The standard InChI is InChI=1S/C21H25N5O4S/c1-12(15-8-6-7-9-17(15)29-4)22-18(27)11-30-19(28)10-16-13(2)23-20-24-21(31-5)25-26(20)14(16)3/h6-9,12H,10-11H2,1-5H3,(H,22,27). The number of rotatable bonds is 8. The van der Waals surface area contributed by atoms with Gasteiger partial charge in [-0.25, -0.2) is 9.50 Å². The number of hydrogen-bond donors (Lipinski definition) is 1. The lowest BCUT2D eigenvalue weighted by atomic mass is 10.1. The lowest BCUT2D eigenvalue weighted by Crippen LogP contribution is -2.31. The minimum atomic E-state index is -0.516. The molecule has 0 aliphatic carbocycles. The van der Waals surface area contributed by atoms with E-state index in [1.807, 2.05) is 51.3 Å². The summed E-state index contributed by atoms with van der Waals surface area (Å²) >= 11 is 1.42. The van der Waals surface area contributed by atoms with Crippen LogP contribution in [0.15, 0.2) is 29.4 Å². The molecule has 0 aliphatic heterocycles. The highest BCUT2D eigenvalue weighted by Gasteiger charge is 2.18. The molecule has 3 aromatic rings. The number of aryl methyl sites for hydroxylation is 2. The first kappa shape index (κ1) is 22.5. The van der Waals surface area contributed by atoms with E-state index in [0.29, 0.717) is 27.9 Å². The van der Waals surface area contributed by atoms with E-state index in [-0.39, 0.29) is 19.1 Å². The summed E-state index contributed by atoms with van der Waals surface area (Å²) < 4.78 is 12.1. The fourth-order valence-electron chi connectivity index (χ4n) is 3.26. The Hall–Kier alpha value is -3.14. The highest BCUT2D eigenvalue weighted by molar-refractivity contribution is 7.98. The third-order valence-electron chi connectivity index (χ3n) is 4.88. The molecule has 0 fully saturated rings. The van der Waals surface area contributed by atoms with Gasteiger partial charge in [-0.1, -0.05) is 30.0 Å². The number of nitrogens with zero attached hydrogens (tertiary/aromatic N) is 4. The number of thioether (sulfide) groups is 1. The largest absolute Gasteiger partial charge is 0.496 e. The molecule has 9 nitrogen and oxygen atoms in total. The molecular weight excluding hydrogens is 418 g/mol. The van der Waals surface area contributed by atoms with Gasteiger partial charge in [-0.05, 0) is 33.1 Å². The topological polar surface area (TPSA) is 108 Å². The lowest BCUT2D eigenvalue weighted by molar-refractivity contribution is -0.148. The van der Waals surface area contributed by atoms with Crippen LogP contribution in [0.1, 0.15) is 35.5 Å². The molecular formula is C21H25N5O4S. The molecule has 164 valence electrons. The van der Waals surface area contributed by atoms with Gasteiger partial charge < -0.3 is 14.8 Å². The summed E-state index contributed by atoms with van der Waals surface area (Å²) in [6.45, 7) is 5.13. The van der Waals surface area contributed by atoms with Gasteiger partial charge in [0, 0.05) is 22.5 Å². The van der Waals surface area contributed by atoms with E-state index in [1.165, 1.54) is 11.8 Å². The molecule has 0 radical (unpaired) electrons. The molecule has 2 heterocycles. The summed E-state index contributed by atoms with van der Waals surface area (Å²) in [5.74, 6) is 0.257. The third-order valence-corrected chi connectivity index (χ3v) is 5.42. The summed E-state index contributed by atoms with van der Waals surface area (Å²) in [6.07, 6.45) is 1.87. The molecule has 2 aromatic heterocycles. The Morgan fingerprint density at radius 1 is 1.23 bits per heavy atom. The van der Waals surface area contributed by atoms with E-state index in [2.05, 4.69) is 20.4 Å². The summed E-state index contributed by atoms with van der Waals surface area (Å²) in [4.78, 5) is 33.4. The van der Waals surface area contributed by atoms with Crippen molar-refractivity contribution in [2.24, 2.45) is 0 Å². The first-order valence-electron chi connectivity index (χ1n) is 9.68. The molecule has 3 rings (SSSR count). The maximum Gasteiger partial charge on any atom is 0.310 e. The van der Waals surface area contributed by atoms with Gasteiger partial charge in [-0.3, -0.25) is 9.59 Å². The van der Waals surface area contributed by atoms with Gasteiger partial charge in [0.1, 0.15) is 5.75 Å². The zero-order valence-electron chi connectivity index (χ0n) is 18.1. The second-order valence-corrected chi connectivity index (χ2v) is 7.71. The zero-order chi connectivity index (χ0) is 22.5. The minimum Gasteiger partial charge on any atom is -0.496 e. The van der Waals surface area contributed by atoms with Crippen LogP contribution in [-0.4, -0.2) is 51.4 Å². The molecule has 0 aliphatic rings. The molecule has 0 saturated heterocycles. The Morgan fingerprint density at radius 3 is 2.68 bits per heavy atom. The van der Waals surface area contributed by atoms with Crippen molar-refractivity contribution in [3.05, 3.63) is 46.8 Å². The Bertz CT molecular complexity index is 1110. The maximum atomic E-state index is 12.4. The fraction of sp³-hybridized carbons (Fsp3) is 0.381. The van der Waals surface area contributed by atoms with Crippen molar-refractivity contribution in [3.8, 4) is 5.75 Å². The quantitative estimate of drug-likeness (QED) is 0.418. The van der Waals surface area contributed by atoms with Gasteiger partial charge in [0.05, 0.1) is 19.6 Å². The van der Waals surface area contributed by atoms with Crippen LogP contribution in [0.5, 0.6) is 5.75 Å². The number of methoxy groups -OCH3 is 1. The Labute approximate surface area is 184 Å². The Balaban J connectivity index is 1.60. The number of aromatic nitrogens is 4. The van der Waals surface area contributed by atoms with E-state index in [9.17, 15) is 9.59 Å². The van der Waals surface area contributed by atoms with Gasteiger partial charge in [-0.15, -0.1) is 5.10 Å². The van der Waals surface area contributed by atoms with Crippen molar-refractivity contribution in [3.63, 3.8) is 0 Å². The average molecular weight is 444 g/mol. The van der Waals surface area contributed by atoms with Crippen molar-refractivity contribution < 1.29 is 19.1 Å². The van der Waals surface area contributed by atoms with E-state index in [4.69, 9.17) is 9.47 Å². The minimum absolute atomic E-state index is 0.00951. The van der Waals surface area contributed by atoms with E-state index < -0.39 is 11.9 Å². The highest BCUT2D eigenvalue weighted by atomic mass is 32.2. The van der Waals surface area contributed by atoms with Crippen LogP contribution in [0.4, 0.5) is 0 Å². The molecule has 10 heteroatoms. The third kappa shape index (κ3) is 5.13. The smallest absolute Gasteiger partial charge is 0.310 e. The molecule has 0 saturated carbocycles. The number of amides is 1. The second kappa shape index (κ2) is 9.78. The predicted octanol–water partition coefficient (Wildman–Crippen LogP) is 2.43. The van der Waals surface area contributed by atoms with Crippen LogP contribution in [0.3, 0.4) is 0 Å². The summed E-state index contributed by atoms with van der Waals surface area (Å²) in [7, 11) is 1.58. The monoisotopic (exact) mass is 443 g/mol.